The number of para-hydroxylation sites is 1. The van der Waals surface area contributed by atoms with Crippen LogP contribution in [0.15, 0.2) is 47.4 Å². The SMILES string of the molecule is C[C@@H]1CCc2ccccc2N1C(=O)CNc1ccc(S(C)(=O)=O)cc1[N+](=O)[O-]. The summed E-state index contributed by atoms with van der Waals surface area (Å²) in [5.74, 6) is -0.207. The predicted octanol–water partition coefficient (Wildman–Crippen LogP) is 2.78. The quantitative estimate of drug-likeness (QED) is 0.607. The summed E-state index contributed by atoms with van der Waals surface area (Å²) in [5, 5.41) is 14.1. The van der Waals surface area contributed by atoms with Gasteiger partial charge in [-0.3, -0.25) is 14.9 Å². The Kier molecular flexibility index (Phi) is 5.37. The van der Waals surface area contributed by atoms with Gasteiger partial charge in [-0.05, 0) is 43.5 Å². The summed E-state index contributed by atoms with van der Waals surface area (Å²) >= 11 is 0. The maximum absolute atomic E-state index is 12.8. The van der Waals surface area contributed by atoms with Crippen molar-refractivity contribution in [3.8, 4) is 0 Å². The average molecular weight is 403 g/mol. The van der Waals surface area contributed by atoms with E-state index in [1.54, 1.807) is 4.90 Å². The number of carbonyl (C=O) groups excluding carboxylic acids is 1. The number of aryl methyl sites for hydroxylation is 1. The molecule has 0 radical (unpaired) electrons. The third kappa shape index (κ3) is 3.99. The van der Waals surface area contributed by atoms with E-state index in [2.05, 4.69) is 5.32 Å². The second-order valence-corrected chi connectivity index (χ2v) is 8.86. The van der Waals surface area contributed by atoms with E-state index in [9.17, 15) is 23.3 Å². The van der Waals surface area contributed by atoms with Crippen LogP contribution >= 0.6 is 0 Å². The Morgan fingerprint density at radius 2 is 2.00 bits per heavy atom. The Labute approximate surface area is 163 Å². The van der Waals surface area contributed by atoms with Crippen LogP contribution in [-0.2, 0) is 21.1 Å². The van der Waals surface area contributed by atoms with Gasteiger partial charge in [0, 0.05) is 24.1 Å². The Hall–Kier alpha value is -2.94. The molecule has 8 nitrogen and oxygen atoms in total. The number of carbonyl (C=O) groups is 1. The molecule has 0 spiro atoms. The average Bonchev–Trinajstić information content (AvgIpc) is 2.65. The first kappa shape index (κ1) is 19.8. The van der Waals surface area contributed by atoms with Gasteiger partial charge in [0.1, 0.15) is 5.69 Å². The lowest BCUT2D eigenvalue weighted by Crippen LogP contribution is -2.44. The number of fused-ring (bicyclic) bond motifs is 1. The van der Waals surface area contributed by atoms with Crippen LogP contribution in [0.25, 0.3) is 0 Å². The lowest BCUT2D eigenvalue weighted by atomic mass is 9.96. The number of benzene rings is 2. The number of hydrogen-bond acceptors (Lipinski definition) is 6. The van der Waals surface area contributed by atoms with Gasteiger partial charge in [-0.1, -0.05) is 18.2 Å². The lowest BCUT2D eigenvalue weighted by molar-refractivity contribution is -0.384. The van der Waals surface area contributed by atoms with Crippen molar-refractivity contribution < 1.29 is 18.1 Å². The molecule has 1 atom stereocenters. The zero-order chi connectivity index (χ0) is 20.5. The number of sulfone groups is 1. The summed E-state index contributed by atoms with van der Waals surface area (Å²) < 4.78 is 23.3. The van der Waals surface area contributed by atoms with Crippen molar-refractivity contribution in [1.29, 1.82) is 0 Å². The van der Waals surface area contributed by atoms with Crippen molar-refractivity contribution in [2.75, 3.05) is 23.0 Å². The Morgan fingerprint density at radius 3 is 2.68 bits per heavy atom. The second-order valence-electron chi connectivity index (χ2n) is 6.84. The van der Waals surface area contributed by atoms with Crippen LogP contribution in [0.1, 0.15) is 18.9 Å². The van der Waals surface area contributed by atoms with E-state index in [4.69, 9.17) is 0 Å². The fourth-order valence-corrected chi connectivity index (χ4v) is 4.01. The molecule has 0 bridgehead atoms. The van der Waals surface area contributed by atoms with Gasteiger partial charge < -0.3 is 10.2 Å². The smallest absolute Gasteiger partial charge is 0.293 e. The van der Waals surface area contributed by atoms with Crippen molar-refractivity contribution in [3.63, 3.8) is 0 Å². The van der Waals surface area contributed by atoms with Gasteiger partial charge in [0.2, 0.25) is 5.91 Å². The number of hydrogen-bond donors (Lipinski definition) is 1. The van der Waals surface area contributed by atoms with Crippen LogP contribution < -0.4 is 10.2 Å². The van der Waals surface area contributed by atoms with Crippen molar-refractivity contribution in [2.45, 2.75) is 30.7 Å². The second kappa shape index (κ2) is 7.59. The zero-order valence-corrected chi connectivity index (χ0v) is 16.4. The van der Waals surface area contributed by atoms with Crippen molar-refractivity contribution in [3.05, 3.63) is 58.1 Å². The van der Waals surface area contributed by atoms with E-state index in [-0.39, 0.29) is 34.8 Å². The molecule has 1 amide bonds. The molecule has 2 aromatic rings. The number of anilines is 2. The Bertz CT molecular complexity index is 1040. The number of nitro benzene ring substituents is 1. The van der Waals surface area contributed by atoms with Gasteiger partial charge in [0.15, 0.2) is 9.84 Å². The lowest BCUT2D eigenvalue weighted by Gasteiger charge is -2.35. The molecular weight excluding hydrogens is 382 g/mol. The third-order valence-electron chi connectivity index (χ3n) is 4.82. The third-order valence-corrected chi connectivity index (χ3v) is 5.93. The highest BCUT2D eigenvalue weighted by Gasteiger charge is 2.28. The molecule has 9 heteroatoms. The summed E-state index contributed by atoms with van der Waals surface area (Å²) in [7, 11) is -3.57. The van der Waals surface area contributed by atoms with E-state index in [1.165, 1.54) is 12.1 Å². The van der Waals surface area contributed by atoms with Gasteiger partial charge in [-0.25, -0.2) is 8.42 Å². The summed E-state index contributed by atoms with van der Waals surface area (Å²) in [6.07, 6.45) is 2.72. The van der Waals surface area contributed by atoms with Crippen molar-refractivity contribution in [1.82, 2.24) is 0 Å². The van der Waals surface area contributed by atoms with Gasteiger partial charge in [-0.2, -0.15) is 0 Å². The molecule has 0 aliphatic carbocycles. The van der Waals surface area contributed by atoms with Crippen molar-refractivity contribution >= 4 is 32.8 Å². The van der Waals surface area contributed by atoms with E-state index in [0.29, 0.717) is 0 Å². The van der Waals surface area contributed by atoms with Gasteiger partial charge >= 0.3 is 0 Å². The fourth-order valence-electron chi connectivity index (χ4n) is 3.37. The standard InChI is InChI=1S/C19H21N3O5S/c1-13-7-8-14-5-3-4-6-17(14)21(13)19(23)12-20-16-10-9-15(28(2,26)27)11-18(16)22(24)25/h3-6,9-11,13,20H,7-8,12H2,1-2H3/t13-/m1/s1. The molecule has 148 valence electrons. The van der Waals surface area contributed by atoms with Crippen LogP contribution in [0.2, 0.25) is 0 Å². The molecule has 2 aromatic carbocycles. The molecule has 1 aliphatic rings. The highest BCUT2D eigenvalue weighted by atomic mass is 32.2. The van der Waals surface area contributed by atoms with E-state index < -0.39 is 14.8 Å². The van der Waals surface area contributed by atoms with Crippen molar-refractivity contribution in [2.24, 2.45) is 0 Å². The van der Waals surface area contributed by atoms with Gasteiger partial charge in [-0.15, -0.1) is 0 Å². The molecule has 1 aliphatic heterocycles. The van der Waals surface area contributed by atoms with E-state index in [0.717, 1.165) is 36.4 Å². The minimum absolute atomic E-state index is 0.0202. The van der Waals surface area contributed by atoms with Crippen LogP contribution in [-0.4, -0.2) is 38.1 Å². The van der Waals surface area contributed by atoms with Crippen LogP contribution in [0.4, 0.5) is 17.1 Å². The first-order valence-electron chi connectivity index (χ1n) is 8.81. The summed E-state index contributed by atoms with van der Waals surface area (Å²) in [6.45, 7) is 1.83. The molecule has 0 fully saturated rings. The number of amides is 1. The zero-order valence-electron chi connectivity index (χ0n) is 15.6. The first-order valence-corrected chi connectivity index (χ1v) is 10.7. The monoisotopic (exact) mass is 403 g/mol. The molecule has 1 N–H and O–H groups in total. The molecule has 0 saturated heterocycles. The minimum atomic E-state index is -3.57. The number of rotatable bonds is 5. The maximum atomic E-state index is 12.8. The fraction of sp³-hybridized carbons (Fsp3) is 0.316. The Morgan fingerprint density at radius 1 is 1.29 bits per heavy atom. The van der Waals surface area contributed by atoms with Gasteiger partial charge in [0.25, 0.3) is 5.69 Å². The Balaban J connectivity index is 1.83. The maximum Gasteiger partial charge on any atom is 0.293 e. The minimum Gasteiger partial charge on any atom is -0.371 e. The summed E-state index contributed by atoms with van der Waals surface area (Å²) in [4.78, 5) is 25.1. The van der Waals surface area contributed by atoms with Crippen LogP contribution in [0.3, 0.4) is 0 Å². The normalized spacial score (nSPS) is 16.4. The highest BCUT2D eigenvalue weighted by molar-refractivity contribution is 7.90. The molecule has 0 unspecified atom stereocenters. The molecular formula is C19H21N3O5S. The van der Waals surface area contributed by atoms with E-state index >= 15 is 0 Å². The molecule has 3 rings (SSSR count). The topological polar surface area (TPSA) is 110 Å². The van der Waals surface area contributed by atoms with Crippen LogP contribution in [0.5, 0.6) is 0 Å². The van der Waals surface area contributed by atoms with Gasteiger partial charge in [0.05, 0.1) is 16.4 Å². The molecule has 1 heterocycles. The molecule has 0 saturated carbocycles. The highest BCUT2D eigenvalue weighted by Crippen LogP contribution is 2.31. The summed E-state index contributed by atoms with van der Waals surface area (Å²) in [6, 6.07) is 11.3. The number of nitrogens with one attached hydrogen (secondary N) is 1. The number of nitrogens with zero attached hydrogens (tertiary/aromatic N) is 2. The summed E-state index contributed by atoms with van der Waals surface area (Å²) in [5.41, 5.74) is 1.67. The first-order chi connectivity index (χ1) is 13.2. The molecule has 28 heavy (non-hydrogen) atoms. The largest absolute Gasteiger partial charge is 0.371 e. The predicted molar refractivity (Wildman–Crippen MR) is 106 cm³/mol. The van der Waals surface area contributed by atoms with E-state index in [1.807, 2.05) is 31.2 Å². The van der Waals surface area contributed by atoms with Crippen LogP contribution in [0, 0.1) is 10.1 Å². The molecule has 0 aromatic heterocycles. The number of nitro groups is 1.